The number of allylic oxidation sites excluding steroid dienone is 8. The molecule has 2 heterocycles. The summed E-state index contributed by atoms with van der Waals surface area (Å²) in [7, 11) is 0. The molecule has 2 aliphatic heterocycles. The van der Waals surface area contributed by atoms with Gasteiger partial charge in [-0.05, 0) is 98.8 Å². The molecule has 6 rings (SSSR count). The zero-order valence-electron chi connectivity index (χ0n) is 31.8. The Hall–Kier alpha value is -5.90. The molecule has 2 aromatic rings. The zero-order chi connectivity index (χ0) is 39.0. The highest BCUT2D eigenvalue weighted by atomic mass is 16.5. The highest BCUT2D eigenvalue weighted by molar-refractivity contribution is 5.73. The fraction of sp³-hybridized carbons (Fsp3) is 0.348. The predicted molar refractivity (Wildman–Crippen MR) is 216 cm³/mol. The molecule has 3 N–H and O–H groups in total. The minimum atomic E-state index is -0.865. The van der Waals surface area contributed by atoms with Gasteiger partial charge in [0.15, 0.2) is 17.3 Å². The average molecular weight is 762 g/mol. The Labute approximate surface area is 328 Å². The van der Waals surface area contributed by atoms with Crippen molar-refractivity contribution in [3.05, 3.63) is 143 Å². The van der Waals surface area contributed by atoms with Crippen LogP contribution in [0.5, 0.6) is 5.75 Å². The molecule has 0 saturated heterocycles. The maximum absolute atomic E-state index is 11.4. The van der Waals surface area contributed by atoms with Gasteiger partial charge in [0.05, 0.1) is 6.61 Å². The van der Waals surface area contributed by atoms with Crippen LogP contribution in [0.25, 0.3) is 11.5 Å². The fourth-order valence-corrected chi connectivity index (χ4v) is 6.93. The molecular formula is C46H51NO9. The number of hydrogen-bond donors (Lipinski definition) is 3. The summed E-state index contributed by atoms with van der Waals surface area (Å²) in [6.45, 7) is 1.03. The van der Waals surface area contributed by atoms with Gasteiger partial charge in [-0.25, -0.2) is 0 Å². The number of rotatable bonds is 21. The number of anilines is 1. The van der Waals surface area contributed by atoms with Crippen LogP contribution in [-0.4, -0.2) is 35.3 Å². The van der Waals surface area contributed by atoms with E-state index in [9.17, 15) is 14.7 Å². The second kappa shape index (κ2) is 20.7. The van der Waals surface area contributed by atoms with Crippen LogP contribution in [0.4, 0.5) is 5.69 Å². The van der Waals surface area contributed by atoms with E-state index >= 15 is 0 Å². The lowest BCUT2D eigenvalue weighted by Crippen LogP contribution is -2.07. The zero-order valence-corrected chi connectivity index (χ0v) is 31.8. The Balaban J connectivity index is 1.07. The molecule has 10 nitrogen and oxygen atoms in total. The van der Waals surface area contributed by atoms with E-state index in [1.807, 2.05) is 30.3 Å². The van der Waals surface area contributed by atoms with Crippen LogP contribution < -0.4 is 10.1 Å². The molecule has 56 heavy (non-hydrogen) atoms. The average Bonchev–Trinajstić information content (AvgIpc) is 3.22. The van der Waals surface area contributed by atoms with Gasteiger partial charge in [-0.2, -0.15) is 0 Å². The van der Waals surface area contributed by atoms with Crippen LogP contribution in [0.1, 0.15) is 99.3 Å². The number of hydrogen-bond acceptors (Lipinski definition) is 8. The predicted octanol–water partition coefficient (Wildman–Crippen LogP) is 10.5. The summed E-state index contributed by atoms with van der Waals surface area (Å²) in [5.74, 6) is 1.59. The number of aliphatic carboxylic acids is 2. The third-order valence-electron chi connectivity index (χ3n) is 9.83. The van der Waals surface area contributed by atoms with Crippen LogP contribution in [0, 0.1) is 0 Å². The largest absolute Gasteiger partial charge is 0.493 e. The van der Waals surface area contributed by atoms with Gasteiger partial charge < -0.3 is 39.2 Å². The van der Waals surface area contributed by atoms with E-state index in [-0.39, 0.29) is 19.4 Å². The summed E-state index contributed by atoms with van der Waals surface area (Å²) in [5.41, 5.74) is 6.97. The number of carbonyl (C=O) groups is 2. The lowest BCUT2D eigenvalue weighted by molar-refractivity contribution is -0.138. The molecule has 294 valence electrons. The van der Waals surface area contributed by atoms with Crippen molar-refractivity contribution < 1.29 is 43.5 Å². The van der Waals surface area contributed by atoms with Crippen LogP contribution in [0.15, 0.2) is 121 Å². The number of aryl methyl sites for hydroxylation is 1. The monoisotopic (exact) mass is 761 g/mol. The first-order valence-electron chi connectivity index (χ1n) is 19.6. The van der Waals surface area contributed by atoms with Gasteiger partial charge in [0, 0.05) is 42.6 Å². The van der Waals surface area contributed by atoms with Gasteiger partial charge in [-0.15, -0.1) is 0 Å². The molecular weight excluding hydrogens is 711 g/mol. The lowest BCUT2D eigenvalue weighted by Gasteiger charge is -2.22. The molecule has 4 aliphatic rings. The van der Waals surface area contributed by atoms with Gasteiger partial charge >= 0.3 is 11.9 Å². The molecule has 10 heteroatoms. The van der Waals surface area contributed by atoms with E-state index in [1.165, 1.54) is 5.57 Å². The maximum Gasteiger partial charge on any atom is 0.303 e. The molecule has 0 aromatic heterocycles. The standard InChI is InChI=1S/C46H51NO9/c48-45(49)20-12-24-54-41-19-11-18-34(40(41)21-22-46(50)51)15-7-1-2-10-23-47-38-27-36(43-31-52-29-39(55-43)25-33-13-5-3-6-14-33)26-37(28-38)44-32-53-30-42(56-44)35-16-8-4-9-17-35/h3-5,8,11,13,16,18-19,26-32,47H,1-2,6-7,9-10,12,14-15,17,20-25H2,(H,48,49)(H,50,51). The van der Waals surface area contributed by atoms with Crippen LogP contribution >= 0.6 is 0 Å². The van der Waals surface area contributed by atoms with E-state index in [0.29, 0.717) is 42.3 Å². The SMILES string of the molecule is O=C(O)CCCOc1cccc(CCCCCCNc2cc(C3=COC=C(CC4=CC=CCC4)O3)cc(C3=COC=C(C4=CC=CCC4)O3)c2)c1CCC(=O)O. The van der Waals surface area contributed by atoms with Crippen molar-refractivity contribution in [3.8, 4) is 5.75 Å². The molecule has 2 aromatic carbocycles. The second-order valence-electron chi connectivity index (χ2n) is 14.2. The van der Waals surface area contributed by atoms with Gasteiger partial charge in [0.25, 0.3) is 0 Å². The van der Waals surface area contributed by atoms with Gasteiger partial charge in [0.2, 0.25) is 0 Å². The van der Waals surface area contributed by atoms with Gasteiger partial charge in [-0.3, -0.25) is 9.59 Å². The Morgan fingerprint density at radius 3 is 2.21 bits per heavy atom. The highest BCUT2D eigenvalue weighted by Gasteiger charge is 2.21. The number of carboxylic acid groups (broad SMARTS) is 2. The minimum Gasteiger partial charge on any atom is -0.493 e. The van der Waals surface area contributed by atoms with Crippen LogP contribution in [-0.2, 0) is 41.4 Å². The molecule has 0 saturated carbocycles. The van der Waals surface area contributed by atoms with Gasteiger partial charge in [-0.1, -0.05) is 67.0 Å². The normalized spacial score (nSPS) is 16.0. The fourth-order valence-electron chi connectivity index (χ4n) is 6.93. The highest BCUT2D eigenvalue weighted by Crippen LogP contribution is 2.35. The first kappa shape index (κ1) is 39.8. The lowest BCUT2D eigenvalue weighted by atomic mass is 9.96. The molecule has 0 fully saturated rings. The first-order valence-corrected chi connectivity index (χ1v) is 19.6. The topological polar surface area (TPSA) is 133 Å². The summed E-state index contributed by atoms with van der Waals surface area (Å²) < 4.78 is 30.3. The smallest absolute Gasteiger partial charge is 0.303 e. The van der Waals surface area contributed by atoms with Crippen LogP contribution in [0.2, 0.25) is 0 Å². The Kier molecular flexibility index (Phi) is 14.7. The number of benzene rings is 2. The molecule has 0 radical (unpaired) electrons. The summed E-state index contributed by atoms with van der Waals surface area (Å²) in [4.78, 5) is 22.3. The summed E-state index contributed by atoms with van der Waals surface area (Å²) in [6.07, 6.45) is 29.3. The summed E-state index contributed by atoms with van der Waals surface area (Å²) >= 11 is 0. The van der Waals surface area contributed by atoms with Crippen molar-refractivity contribution in [2.75, 3.05) is 18.5 Å². The molecule has 0 spiro atoms. The van der Waals surface area contributed by atoms with Crippen molar-refractivity contribution in [1.82, 2.24) is 0 Å². The van der Waals surface area contributed by atoms with E-state index in [1.54, 1.807) is 25.0 Å². The summed E-state index contributed by atoms with van der Waals surface area (Å²) in [5, 5.41) is 21.9. The van der Waals surface area contributed by atoms with E-state index in [0.717, 1.165) is 104 Å². The molecule has 0 bridgehead atoms. The Morgan fingerprint density at radius 2 is 1.46 bits per heavy atom. The summed E-state index contributed by atoms with van der Waals surface area (Å²) in [6, 6.07) is 11.9. The second-order valence-corrected chi connectivity index (χ2v) is 14.2. The third-order valence-corrected chi connectivity index (χ3v) is 9.83. The van der Waals surface area contributed by atoms with Gasteiger partial charge in [0.1, 0.15) is 36.6 Å². The molecule has 0 amide bonds. The third kappa shape index (κ3) is 12.1. The molecule has 2 aliphatic carbocycles. The number of ether oxygens (including phenoxy) is 5. The van der Waals surface area contributed by atoms with E-state index in [4.69, 9.17) is 28.8 Å². The maximum atomic E-state index is 11.4. The van der Waals surface area contributed by atoms with E-state index in [2.05, 4.69) is 47.8 Å². The van der Waals surface area contributed by atoms with E-state index < -0.39 is 11.9 Å². The number of unbranched alkanes of at least 4 members (excludes halogenated alkanes) is 3. The minimum absolute atomic E-state index is 0.00541. The van der Waals surface area contributed by atoms with Crippen molar-refractivity contribution >= 4 is 29.1 Å². The van der Waals surface area contributed by atoms with Crippen LogP contribution in [0.3, 0.4) is 0 Å². The van der Waals surface area contributed by atoms with Crippen molar-refractivity contribution in [3.63, 3.8) is 0 Å². The number of nitrogens with one attached hydrogen (secondary N) is 1. The first-order chi connectivity index (χ1) is 27.4. The van der Waals surface area contributed by atoms with Crippen molar-refractivity contribution in [2.24, 2.45) is 0 Å². The Morgan fingerprint density at radius 1 is 0.732 bits per heavy atom. The number of carboxylic acids is 2. The van der Waals surface area contributed by atoms with Crippen molar-refractivity contribution in [1.29, 1.82) is 0 Å². The molecule has 0 atom stereocenters. The Bertz CT molecular complexity index is 1980. The quantitative estimate of drug-likeness (QED) is 0.106. The molecule has 0 unspecified atom stereocenters. The van der Waals surface area contributed by atoms with Crippen molar-refractivity contribution in [2.45, 2.75) is 89.9 Å².